The van der Waals surface area contributed by atoms with E-state index in [4.69, 9.17) is 9.47 Å². The van der Waals surface area contributed by atoms with Gasteiger partial charge >= 0.3 is 6.18 Å². The number of hydrogen-bond acceptors (Lipinski definition) is 2. The molecule has 4 fully saturated rings. The molecule has 0 aromatic carbocycles. The molecule has 6 heteroatoms. The molecule has 0 aromatic heterocycles. The Kier molecular flexibility index (Phi) is 11.9. The highest BCUT2D eigenvalue weighted by atomic mass is 19.4. The van der Waals surface area contributed by atoms with Crippen LogP contribution in [0.3, 0.4) is 0 Å². The maximum absolute atomic E-state index is 13.9. The van der Waals surface area contributed by atoms with E-state index in [1.807, 2.05) is 0 Å². The summed E-state index contributed by atoms with van der Waals surface area (Å²) in [4.78, 5) is 0. The van der Waals surface area contributed by atoms with Gasteiger partial charge in [0.05, 0.1) is 19.3 Å². The lowest BCUT2D eigenvalue weighted by Gasteiger charge is -2.39. The summed E-state index contributed by atoms with van der Waals surface area (Å²) in [5, 5.41) is 0. The van der Waals surface area contributed by atoms with Crippen molar-refractivity contribution in [1.82, 2.24) is 0 Å². The molecular weight excluding hydrogens is 492 g/mol. The second-order valence-electron chi connectivity index (χ2n) is 13.2. The molecule has 0 unspecified atom stereocenters. The Labute approximate surface area is 228 Å². The minimum absolute atomic E-state index is 0.0286. The Bertz CT molecular complexity index is 691. The first kappa shape index (κ1) is 30.3. The first-order valence-corrected chi connectivity index (χ1v) is 16.0. The molecule has 4 aliphatic rings. The van der Waals surface area contributed by atoms with Gasteiger partial charge in [-0.1, -0.05) is 51.9 Å². The summed E-state index contributed by atoms with van der Waals surface area (Å²) in [5.41, 5.74) is 0. The molecule has 3 aliphatic carbocycles. The van der Waals surface area contributed by atoms with Crippen molar-refractivity contribution in [3.63, 3.8) is 0 Å². The smallest absolute Gasteiger partial charge is 0.352 e. The highest BCUT2D eigenvalue weighted by molar-refractivity contribution is 5.03. The van der Waals surface area contributed by atoms with Crippen molar-refractivity contribution in [2.75, 3.05) is 13.2 Å². The van der Waals surface area contributed by atoms with E-state index >= 15 is 0 Å². The lowest BCUT2D eigenvalue weighted by Crippen LogP contribution is -2.38. The SMILES string of the molecule is CCCCCC1COC(C2CCC(CCC3CCC(C4CCC(C(F)=CC(F)(F)F)CC4)CC3)CC2)OC1. The number of alkyl halides is 3. The van der Waals surface area contributed by atoms with Gasteiger partial charge in [-0.15, -0.1) is 0 Å². The zero-order valence-corrected chi connectivity index (χ0v) is 23.7. The van der Waals surface area contributed by atoms with Gasteiger partial charge in [-0.3, -0.25) is 0 Å². The number of allylic oxidation sites excluding steroid dienone is 2. The van der Waals surface area contributed by atoms with Gasteiger partial charge in [0.15, 0.2) is 6.29 Å². The largest absolute Gasteiger partial charge is 0.412 e. The predicted molar refractivity (Wildman–Crippen MR) is 144 cm³/mol. The molecule has 0 radical (unpaired) electrons. The standard InChI is InChI=1S/C32H52F4O2/c1-2-3-4-5-25-21-37-31(38-22-25)29-14-10-24(11-15-29)7-6-23-8-12-26(13-9-23)27-16-18-28(19-17-27)30(33)20-32(34,35)36/h20,23-29,31H,2-19,21-22H2,1H3. The van der Waals surface area contributed by atoms with Gasteiger partial charge in [-0.25, -0.2) is 4.39 Å². The molecular formula is C32H52F4O2. The van der Waals surface area contributed by atoms with Crippen molar-refractivity contribution in [3.05, 3.63) is 11.9 Å². The maximum Gasteiger partial charge on any atom is 0.412 e. The lowest BCUT2D eigenvalue weighted by atomic mass is 9.68. The third-order valence-corrected chi connectivity index (χ3v) is 10.5. The van der Waals surface area contributed by atoms with Crippen LogP contribution in [0.5, 0.6) is 0 Å². The quantitative estimate of drug-likeness (QED) is 0.201. The molecule has 0 atom stereocenters. The van der Waals surface area contributed by atoms with E-state index in [-0.39, 0.29) is 12.4 Å². The van der Waals surface area contributed by atoms with Gasteiger partial charge in [0.2, 0.25) is 0 Å². The van der Waals surface area contributed by atoms with Crippen LogP contribution in [0.2, 0.25) is 0 Å². The van der Waals surface area contributed by atoms with Crippen LogP contribution in [0.25, 0.3) is 0 Å². The normalized spacial score (nSPS) is 37.8. The Morgan fingerprint density at radius 3 is 1.66 bits per heavy atom. The first-order valence-electron chi connectivity index (χ1n) is 16.0. The number of ether oxygens (including phenoxy) is 2. The Hall–Kier alpha value is -0.620. The third kappa shape index (κ3) is 9.49. The average molecular weight is 545 g/mol. The van der Waals surface area contributed by atoms with Crippen LogP contribution in [0.15, 0.2) is 11.9 Å². The van der Waals surface area contributed by atoms with Crippen molar-refractivity contribution in [2.24, 2.45) is 41.4 Å². The molecule has 2 nitrogen and oxygen atoms in total. The van der Waals surface area contributed by atoms with Crippen LogP contribution in [0.4, 0.5) is 17.6 Å². The molecule has 220 valence electrons. The van der Waals surface area contributed by atoms with E-state index in [0.717, 1.165) is 37.9 Å². The van der Waals surface area contributed by atoms with Gasteiger partial charge in [0.1, 0.15) is 5.83 Å². The number of rotatable bonds is 10. The molecule has 38 heavy (non-hydrogen) atoms. The molecule has 0 spiro atoms. The summed E-state index contributed by atoms with van der Waals surface area (Å²) in [6.45, 7) is 4.01. The summed E-state index contributed by atoms with van der Waals surface area (Å²) in [7, 11) is 0. The van der Waals surface area contributed by atoms with Crippen molar-refractivity contribution in [1.29, 1.82) is 0 Å². The van der Waals surface area contributed by atoms with Crippen LogP contribution in [0.1, 0.15) is 122 Å². The molecule has 0 N–H and O–H groups in total. The minimum atomic E-state index is -4.55. The zero-order valence-electron chi connectivity index (χ0n) is 23.7. The van der Waals surface area contributed by atoms with E-state index in [0.29, 0.717) is 36.5 Å². The van der Waals surface area contributed by atoms with Gasteiger partial charge in [-0.2, -0.15) is 13.2 Å². The van der Waals surface area contributed by atoms with Gasteiger partial charge in [0, 0.05) is 17.8 Å². The second-order valence-corrected chi connectivity index (χ2v) is 13.2. The molecule has 1 aliphatic heterocycles. The minimum Gasteiger partial charge on any atom is -0.352 e. The fourth-order valence-electron chi connectivity index (χ4n) is 7.99. The highest BCUT2D eigenvalue weighted by Crippen LogP contribution is 2.45. The summed E-state index contributed by atoms with van der Waals surface area (Å²) < 4.78 is 63.7. The van der Waals surface area contributed by atoms with E-state index < -0.39 is 17.9 Å². The van der Waals surface area contributed by atoms with Crippen LogP contribution in [0, 0.1) is 41.4 Å². The molecule has 0 bridgehead atoms. The highest BCUT2D eigenvalue weighted by Gasteiger charge is 2.35. The maximum atomic E-state index is 13.9. The van der Waals surface area contributed by atoms with Crippen LogP contribution in [-0.2, 0) is 9.47 Å². The van der Waals surface area contributed by atoms with Gasteiger partial charge < -0.3 is 9.47 Å². The molecule has 4 rings (SSSR count). The number of unbranched alkanes of at least 4 members (excludes halogenated alkanes) is 2. The lowest BCUT2D eigenvalue weighted by molar-refractivity contribution is -0.230. The summed E-state index contributed by atoms with van der Waals surface area (Å²) >= 11 is 0. The van der Waals surface area contributed by atoms with Crippen molar-refractivity contribution in [2.45, 2.75) is 135 Å². The number of halogens is 4. The fourth-order valence-corrected chi connectivity index (χ4v) is 7.99. The zero-order chi connectivity index (χ0) is 27.0. The van der Waals surface area contributed by atoms with E-state index in [2.05, 4.69) is 6.92 Å². The van der Waals surface area contributed by atoms with Crippen LogP contribution >= 0.6 is 0 Å². The van der Waals surface area contributed by atoms with Crippen LogP contribution in [-0.4, -0.2) is 25.7 Å². The van der Waals surface area contributed by atoms with Crippen molar-refractivity contribution >= 4 is 0 Å². The van der Waals surface area contributed by atoms with Gasteiger partial charge in [-0.05, 0) is 94.3 Å². The van der Waals surface area contributed by atoms with Gasteiger partial charge in [0.25, 0.3) is 0 Å². The first-order chi connectivity index (χ1) is 18.3. The molecule has 1 saturated heterocycles. The monoisotopic (exact) mass is 544 g/mol. The molecule has 1 heterocycles. The summed E-state index contributed by atoms with van der Waals surface area (Å²) in [5.74, 6) is 2.64. The topological polar surface area (TPSA) is 18.5 Å². The number of hydrogen-bond donors (Lipinski definition) is 0. The Morgan fingerprint density at radius 2 is 1.16 bits per heavy atom. The second kappa shape index (κ2) is 14.8. The van der Waals surface area contributed by atoms with E-state index in [1.54, 1.807) is 0 Å². The molecule has 3 saturated carbocycles. The van der Waals surface area contributed by atoms with E-state index in [9.17, 15) is 17.6 Å². The fraction of sp³-hybridized carbons (Fsp3) is 0.938. The van der Waals surface area contributed by atoms with Crippen LogP contribution < -0.4 is 0 Å². The van der Waals surface area contributed by atoms with Crippen molar-refractivity contribution < 1.29 is 27.0 Å². The average Bonchev–Trinajstić information content (AvgIpc) is 2.92. The third-order valence-electron chi connectivity index (χ3n) is 10.5. The molecule has 0 aromatic rings. The summed E-state index contributed by atoms with van der Waals surface area (Å²) in [6, 6.07) is 0. The van der Waals surface area contributed by atoms with E-state index in [1.165, 1.54) is 89.9 Å². The Balaban J connectivity index is 1.06. The van der Waals surface area contributed by atoms with Crippen molar-refractivity contribution in [3.8, 4) is 0 Å². The molecule has 0 amide bonds. The Morgan fingerprint density at radius 1 is 0.658 bits per heavy atom. The summed E-state index contributed by atoms with van der Waals surface area (Å²) in [6.07, 6.45) is 16.3. The predicted octanol–water partition coefficient (Wildman–Crippen LogP) is 10.2.